The van der Waals surface area contributed by atoms with E-state index < -0.39 is 15.2 Å². The van der Waals surface area contributed by atoms with Crippen LogP contribution in [0.5, 0.6) is 0 Å². The van der Waals surface area contributed by atoms with E-state index in [0.717, 1.165) is 17.3 Å². The topological polar surface area (TPSA) is 63.2 Å². The summed E-state index contributed by atoms with van der Waals surface area (Å²) in [4.78, 5) is 1.93. The summed E-state index contributed by atoms with van der Waals surface area (Å²) in [6.07, 6.45) is 1.28. The molecule has 5 nitrogen and oxygen atoms in total. The Morgan fingerprint density at radius 1 is 1.53 bits per heavy atom. The molecule has 0 aliphatic carbocycles. The Hall–Kier alpha value is 0.110. The summed E-state index contributed by atoms with van der Waals surface area (Å²) in [7, 11) is -3.06. The molecular formula is C8H12ClN3O2S3. The molecule has 2 heterocycles. The van der Waals surface area contributed by atoms with Crippen molar-refractivity contribution < 1.29 is 8.42 Å². The molecule has 0 bridgehead atoms. The molecule has 1 aliphatic rings. The predicted octanol–water partition coefficient (Wildman–Crippen LogP) is 1.11. The quantitative estimate of drug-likeness (QED) is 0.833. The second kappa shape index (κ2) is 5.40. The molecule has 1 aromatic rings. The van der Waals surface area contributed by atoms with Gasteiger partial charge in [-0.3, -0.25) is 4.90 Å². The van der Waals surface area contributed by atoms with Crippen LogP contribution in [0.25, 0.3) is 0 Å². The van der Waals surface area contributed by atoms with Crippen molar-refractivity contribution in [1.29, 1.82) is 0 Å². The van der Waals surface area contributed by atoms with Crippen molar-refractivity contribution in [3.63, 3.8) is 0 Å². The van der Waals surface area contributed by atoms with Crippen molar-refractivity contribution in [2.75, 3.05) is 24.3 Å². The largest absolute Gasteiger partial charge is 0.279 e. The number of aromatic nitrogens is 2. The molecule has 1 aliphatic heterocycles. The second-order valence-corrected chi connectivity index (χ2v) is 8.78. The number of rotatable bonds is 3. The molecule has 0 saturated carbocycles. The fourth-order valence-corrected chi connectivity index (χ4v) is 5.50. The Morgan fingerprint density at radius 3 is 2.88 bits per heavy atom. The fraction of sp³-hybridized carbons (Fsp3) is 0.750. The van der Waals surface area contributed by atoms with E-state index in [4.69, 9.17) is 11.6 Å². The lowest BCUT2D eigenvalue weighted by Gasteiger charge is -2.33. The Labute approximate surface area is 113 Å². The molecule has 0 amide bonds. The molecule has 0 N–H and O–H groups in total. The van der Waals surface area contributed by atoms with E-state index in [1.165, 1.54) is 17.6 Å². The van der Waals surface area contributed by atoms with Crippen LogP contribution in [-0.4, -0.2) is 53.2 Å². The summed E-state index contributed by atoms with van der Waals surface area (Å²) in [5.41, 5.74) is 0. The van der Waals surface area contributed by atoms with Crippen molar-refractivity contribution in [2.45, 2.75) is 11.9 Å². The molecule has 1 saturated heterocycles. The molecule has 1 atom stereocenters. The smallest absolute Gasteiger partial charge is 0.207 e. The summed E-state index contributed by atoms with van der Waals surface area (Å²) in [6.45, 7) is 1.25. The van der Waals surface area contributed by atoms with Crippen LogP contribution >= 0.6 is 34.7 Å². The highest BCUT2D eigenvalue weighted by Gasteiger charge is 2.31. The summed E-state index contributed by atoms with van der Waals surface area (Å²) in [5, 5.41) is 7.97. The van der Waals surface area contributed by atoms with Gasteiger partial charge in [0.1, 0.15) is 10.4 Å². The average molecular weight is 314 g/mol. The molecule has 1 aromatic heterocycles. The zero-order chi connectivity index (χ0) is 12.5. The molecule has 2 rings (SSSR count). The minimum absolute atomic E-state index is 0.391. The zero-order valence-electron chi connectivity index (χ0n) is 9.17. The monoisotopic (exact) mass is 313 g/mol. The highest BCUT2D eigenvalue weighted by Crippen LogP contribution is 2.24. The molecule has 1 fully saturated rings. The van der Waals surface area contributed by atoms with Crippen LogP contribution in [0.1, 0.15) is 5.01 Å². The van der Waals surface area contributed by atoms with Crippen molar-refractivity contribution in [1.82, 2.24) is 15.1 Å². The number of sulfone groups is 1. The standard InChI is InChI=1S/C8H12ClN3O2S3/c1-17(13,14)7-5-15-3-2-12(7)4-6-10-11-8(9)16-6/h7H,2-5H2,1H3. The summed E-state index contributed by atoms with van der Waals surface area (Å²) >= 11 is 8.67. The minimum Gasteiger partial charge on any atom is -0.279 e. The zero-order valence-corrected chi connectivity index (χ0v) is 12.4. The third-order valence-corrected chi connectivity index (χ3v) is 6.16. The number of thioether (sulfide) groups is 1. The van der Waals surface area contributed by atoms with Gasteiger partial charge in [-0.05, 0) is 11.6 Å². The fourth-order valence-electron chi connectivity index (χ4n) is 1.66. The van der Waals surface area contributed by atoms with Crippen LogP contribution in [0.4, 0.5) is 0 Å². The minimum atomic E-state index is -3.06. The summed E-state index contributed by atoms with van der Waals surface area (Å²) in [6, 6.07) is 0. The number of nitrogens with zero attached hydrogens (tertiary/aromatic N) is 3. The lowest BCUT2D eigenvalue weighted by molar-refractivity contribution is 0.261. The van der Waals surface area contributed by atoms with Crippen molar-refractivity contribution in [3.05, 3.63) is 9.47 Å². The van der Waals surface area contributed by atoms with Gasteiger partial charge in [-0.15, -0.1) is 10.2 Å². The second-order valence-electron chi connectivity index (χ2n) is 3.78. The Kier molecular flexibility index (Phi) is 4.30. The Balaban J connectivity index is 2.12. The molecule has 0 radical (unpaired) electrons. The Morgan fingerprint density at radius 2 is 2.29 bits per heavy atom. The Bertz CT molecular complexity index is 490. The van der Waals surface area contributed by atoms with E-state index in [1.54, 1.807) is 11.8 Å². The first kappa shape index (κ1) is 13.5. The maximum Gasteiger partial charge on any atom is 0.207 e. The molecule has 0 spiro atoms. The number of hydrogen-bond acceptors (Lipinski definition) is 7. The molecule has 9 heteroatoms. The van der Waals surface area contributed by atoms with Gasteiger partial charge in [-0.1, -0.05) is 11.3 Å². The first-order valence-electron chi connectivity index (χ1n) is 4.95. The van der Waals surface area contributed by atoms with Gasteiger partial charge in [0.25, 0.3) is 0 Å². The third kappa shape index (κ3) is 3.54. The number of halogens is 1. The molecular weight excluding hydrogens is 302 g/mol. The van der Waals surface area contributed by atoms with E-state index >= 15 is 0 Å². The van der Waals surface area contributed by atoms with E-state index in [2.05, 4.69) is 10.2 Å². The van der Waals surface area contributed by atoms with Gasteiger partial charge < -0.3 is 0 Å². The SMILES string of the molecule is CS(=O)(=O)C1CSCCN1Cc1nnc(Cl)s1. The number of hydrogen-bond donors (Lipinski definition) is 0. The highest BCUT2D eigenvalue weighted by atomic mass is 35.5. The summed E-state index contributed by atoms with van der Waals surface area (Å²) in [5.74, 6) is 1.56. The van der Waals surface area contributed by atoms with Crippen LogP contribution in [0.3, 0.4) is 0 Å². The van der Waals surface area contributed by atoms with Gasteiger partial charge in [0, 0.05) is 24.3 Å². The highest BCUT2D eigenvalue weighted by molar-refractivity contribution is 8.00. The lowest BCUT2D eigenvalue weighted by Crippen LogP contribution is -2.46. The van der Waals surface area contributed by atoms with Crippen LogP contribution in [0.2, 0.25) is 4.47 Å². The van der Waals surface area contributed by atoms with Crippen LogP contribution in [0, 0.1) is 0 Å². The van der Waals surface area contributed by atoms with Crippen LogP contribution < -0.4 is 0 Å². The average Bonchev–Trinajstić information content (AvgIpc) is 2.63. The predicted molar refractivity (Wildman–Crippen MR) is 71.3 cm³/mol. The normalized spacial score (nSPS) is 22.8. The van der Waals surface area contributed by atoms with Crippen molar-refractivity contribution in [3.8, 4) is 0 Å². The van der Waals surface area contributed by atoms with Gasteiger partial charge in [0.05, 0.1) is 6.54 Å². The van der Waals surface area contributed by atoms with Crippen LogP contribution in [0.15, 0.2) is 0 Å². The van der Waals surface area contributed by atoms with Crippen molar-refractivity contribution in [2.24, 2.45) is 0 Å². The van der Waals surface area contributed by atoms with Gasteiger partial charge in [0.15, 0.2) is 9.84 Å². The van der Waals surface area contributed by atoms with E-state index in [1.807, 2.05) is 4.90 Å². The van der Waals surface area contributed by atoms with Gasteiger partial charge in [-0.2, -0.15) is 11.8 Å². The van der Waals surface area contributed by atoms with Gasteiger partial charge >= 0.3 is 0 Å². The molecule has 96 valence electrons. The van der Waals surface area contributed by atoms with Crippen LogP contribution in [-0.2, 0) is 16.4 Å². The molecule has 0 aromatic carbocycles. The van der Waals surface area contributed by atoms with E-state index in [9.17, 15) is 8.42 Å². The van der Waals surface area contributed by atoms with E-state index in [-0.39, 0.29) is 0 Å². The maximum atomic E-state index is 11.7. The lowest BCUT2D eigenvalue weighted by atomic mass is 10.4. The first-order chi connectivity index (χ1) is 7.97. The van der Waals surface area contributed by atoms with E-state index in [0.29, 0.717) is 16.8 Å². The third-order valence-electron chi connectivity index (χ3n) is 2.47. The van der Waals surface area contributed by atoms with Gasteiger partial charge in [-0.25, -0.2) is 8.42 Å². The molecule has 1 unspecified atom stereocenters. The van der Waals surface area contributed by atoms with Crippen molar-refractivity contribution >= 4 is 44.5 Å². The van der Waals surface area contributed by atoms with Gasteiger partial charge in [0.2, 0.25) is 4.47 Å². The maximum absolute atomic E-state index is 11.7. The summed E-state index contributed by atoms with van der Waals surface area (Å²) < 4.78 is 23.7. The first-order valence-corrected chi connectivity index (χ1v) is 9.26. The molecule has 17 heavy (non-hydrogen) atoms.